The molecule has 2 aliphatic rings. The van der Waals surface area contributed by atoms with Gasteiger partial charge in [-0.05, 0) is 37.0 Å². The van der Waals surface area contributed by atoms with Gasteiger partial charge in [0.25, 0.3) is 0 Å². The lowest BCUT2D eigenvalue weighted by atomic mass is 9.95. The molecule has 3 rings (SSSR count). The van der Waals surface area contributed by atoms with Crippen molar-refractivity contribution in [3.8, 4) is 0 Å². The summed E-state index contributed by atoms with van der Waals surface area (Å²) < 4.78 is 0. The van der Waals surface area contributed by atoms with Gasteiger partial charge in [-0.25, -0.2) is 0 Å². The number of carbonyl (C=O) groups excluding carboxylic acids is 2. The van der Waals surface area contributed by atoms with Crippen molar-refractivity contribution in [3.05, 3.63) is 17.7 Å². The normalized spacial score (nSPS) is 19.0. The van der Waals surface area contributed by atoms with Crippen LogP contribution in [0.15, 0.2) is 12.1 Å². The molecule has 1 aromatic rings. The molecule has 0 atom stereocenters. The fourth-order valence-electron chi connectivity index (χ4n) is 3.11. The number of nitrogens with two attached hydrogens (primary N) is 2. The summed E-state index contributed by atoms with van der Waals surface area (Å²) in [6.07, 6.45) is 2.79. The summed E-state index contributed by atoms with van der Waals surface area (Å²) in [7, 11) is 0. The minimum absolute atomic E-state index is 0.0283. The lowest BCUT2D eigenvalue weighted by Crippen LogP contribution is -2.39. The number of nitrogen functional groups attached to an aromatic ring is 1. The molecule has 0 spiro atoms. The first-order valence-electron chi connectivity index (χ1n) is 7.31. The molecule has 0 aromatic heterocycles. The number of piperidine rings is 1. The predicted molar refractivity (Wildman–Crippen MR) is 81.9 cm³/mol. The van der Waals surface area contributed by atoms with Crippen LogP contribution in [0.4, 0.5) is 17.1 Å². The van der Waals surface area contributed by atoms with Crippen LogP contribution in [0.25, 0.3) is 0 Å². The fourth-order valence-corrected chi connectivity index (χ4v) is 3.11. The Hall–Kier alpha value is -2.24. The van der Waals surface area contributed by atoms with Gasteiger partial charge in [-0.15, -0.1) is 0 Å². The monoisotopic (exact) mass is 288 g/mol. The third kappa shape index (κ3) is 2.66. The van der Waals surface area contributed by atoms with E-state index in [1.165, 1.54) is 0 Å². The highest BCUT2D eigenvalue weighted by Gasteiger charge is 2.25. The van der Waals surface area contributed by atoms with Crippen LogP contribution in [0.3, 0.4) is 0 Å². The van der Waals surface area contributed by atoms with Crippen LogP contribution >= 0.6 is 0 Å². The number of nitrogens with one attached hydrogen (secondary N) is 1. The van der Waals surface area contributed by atoms with E-state index in [0.29, 0.717) is 12.1 Å². The molecular formula is C15H20N4O2. The van der Waals surface area contributed by atoms with E-state index in [9.17, 15) is 9.59 Å². The van der Waals surface area contributed by atoms with E-state index in [1.54, 1.807) is 0 Å². The number of primary amides is 1. The lowest BCUT2D eigenvalue weighted by molar-refractivity contribution is -0.122. The number of aryl methyl sites for hydroxylation is 1. The Morgan fingerprint density at radius 3 is 2.62 bits per heavy atom. The molecule has 112 valence electrons. The number of amides is 2. The third-order valence-electron chi connectivity index (χ3n) is 4.39. The summed E-state index contributed by atoms with van der Waals surface area (Å²) in [6, 6.07) is 3.90. The van der Waals surface area contributed by atoms with Crippen molar-refractivity contribution in [1.82, 2.24) is 0 Å². The fraction of sp³-hybridized carbons (Fsp3) is 0.467. The molecule has 0 saturated carbocycles. The quantitative estimate of drug-likeness (QED) is 0.702. The number of rotatable bonds is 2. The SMILES string of the molecule is NC(=O)C1CCN(c2cc3c(cc2N)NC(=O)CC3)CC1. The highest BCUT2D eigenvalue weighted by Crippen LogP contribution is 2.35. The summed E-state index contributed by atoms with van der Waals surface area (Å²) in [5, 5.41) is 2.85. The van der Waals surface area contributed by atoms with Crippen molar-refractivity contribution in [3.63, 3.8) is 0 Å². The third-order valence-corrected chi connectivity index (χ3v) is 4.39. The molecule has 0 unspecified atom stereocenters. The summed E-state index contributed by atoms with van der Waals surface area (Å²) in [5.41, 5.74) is 15.1. The Morgan fingerprint density at radius 1 is 1.24 bits per heavy atom. The van der Waals surface area contributed by atoms with Crippen molar-refractivity contribution in [2.24, 2.45) is 11.7 Å². The molecule has 6 nitrogen and oxygen atoms in total. The van der Waals surface area contributed by atoms with E-state index in [0.717, 1.165) is 49.3 Å². The molecule has 1 fully saturated rings. The largest absolute Gasteiger partial charge is 0.397 e. The van der Waals surface area contributed by atoms with Gasteiger partial charge in [0, 0.05) is 31.1 Å². The van der Waals surface area contributed by atoms with Crippen LogP contribution in [0, 0.1) is 5.92 Å². The van der Waals surface area contributed by atoms with E-state index in [1.807, 2.05) is 6.07 Å². The van der Waals surface area contributed by atoms with E-state index >= 15 is 0 Å². The minimum Gasteiger partial charge on any atom is -0.397 e. The lowest BCUT2D eigenvalue weighted by Gasteiger charge is -2.34. The smallest absolute Gasteiger partial charge is 0.224 e. The first-order valence-corrected chi connectivity index (χ1v) is 7.31. The molecule has 2 aliphatic heterocycles. The van der Waals surface area contributed by atoms with E-state index in [4.69, 9.17) is 11.5 Å². The summed E-state index contributed by atoms with van der Waals surface area (Å²) in [4.78, 5) is 24.8. The number of fused-ring (bicyclic) bond motifs is 1. The van der Waals surface area contributed by atoms with Gasteiger partial charge in [0.1, 0.15) is 0 Å². The Labute approximate surface area is 123 Å². The number of anilines is 3. The van der Waals surface area contributed by atoms with E-state index in [-0.39, 0.29) is 17.7 Å². The molecular weight excluding hydrogens is 268 g/mol. The second-order valence-electron chi connectivity index (χ2n) is 5.78. The highest BCUT2D eigenvalue weighted by atomic mass is 16.2. The van der Waals surface area contributed by atoms with Gasteiger partial charge in [-0.2, -0.15) is 0 Å². The molecule has 6 heteroatoms. The number of hydrogen-bond donors (Lipinski definition) is 3. The van der Waals surface area contributed by atoms with E-state index in [2.05, 4.69) is 16.3 Å². The van der Waals surface area contributed by atoms with Crippen molar-refractivity contribution in [2.75, 3.05) is 29.0 Å². The molecule has 0 aliphatic carbocycles. The van der Waals surface area contributed by atoms with Crippen LogP contribution < -0.4 is 21.7 Å². The zero-order valence-corrected chi connectivity index (χ0v) is 11.9. The summed E-state index contributed by atoms with van der Waals surface area (Å²) in [6.45, 7) is 1.56. The zero-order chi connectivity index (χ0) is 15.0. The van der Waals surface area contributed by atoms with Crippen molar-refractivity contribution >= 4 is 28.9 Å². The second kappa shape index (κ2) is 5.27. The molecule has 0 bridgehead atoms. The van der Waals surface area contributed by atoms with Crippen LogP contribution in [-0.4, -0.2) is 24.9 Å². The van der Waals surface area contributed by atoms with Crippen LogP contribution in [0.2, 0.25) is 0 Å². The van der Waals surface area contributed by atoms with Crippen molar-refractivity contribution in [1.29, 1.82) is 0 Å². The molecule has 2 heterocycles. The number of nitrogens with zero attached hydrogens (tertiary/aromatic N) is 1. The van der Waals surface area contributed by atoms with Gasteiger partial charge in [0.05, 0.1) is 11.4 Å². The Bertz CT molecular complexity index is 592. The maximum atomic E-state index is 11.4. The van der Waals surface area contributed by atoms with Crippen LogP contribution in [0.1, 0.15) is 24.8 Å². The standard InChI is InChI=1S/C15H20N4O2/c16-11-8-12-10(1-2-14(20)18-12)7-13(11)19-5-3-9(4-6-19)15(17)21/h7-9H,1-6,16H2,(H2,17,21)(H,18,20). The Kier molecular flexibility index (Phi) is 3.45. The van der Waals surface area contributed by atoms with E-state index < -0.39 is 0 Å². The van der Waals surface area contributed by atoms with Crippen molar-refractivity contribution < 1.29 is 9.59 Å². The molecule has 0 radical (unpaired) electrons. The number of benzene rings is 1. The molecule has 21 heavy (non-hydrogen) atoms. The maximum Gasteiger partial charge on any atom is 0.224 e. The van der Waals surface area contributed by atoms with Gasteiger partial charge in [0.15, 0.2) is 0 Å². The average Bonchev–Trinajstić information content (AvgIpc) is 2.46. The minimum atomic E-state index is -0.212. The highest BCUT2D eigenvalue weighted by molar-refractivity contribution is 5.95. The topological polar surface area (TPSA) is 101 Å². The average molecular weight is 288 g/mol. The molecule has 2 amide bonds. The molecule has 1 aromatic carbocycles. The zero-order valence-electron chi connectivity index (χ0n) is 11.9. The van der Waals surface area contributed by atoms with Gasteiger partial charge >= 0.3 is 0 Å². The van der Waals surface area contributed by atoms with Gasteiger partial charge < -0.3 is 21.7 Å². The molecule has 5 N–H and O–H groups in total. The van der Waals surface area contributed by atoms with Gasteiger partial charge in [-0.3, -0.25) is 9.59 Å². The Balaban J connectivity index is 1.80. The number of hydrogen-bond acceptors (Lipinski definition) is 4. The van der Waals surface area contributed by atoms with Crippen LogP contribution in [0.5, 0.6) is 0 Å². The Morgan fingerprint density at radius 2 is 1.95 bits per heavy atom. The van der Waals surface area contributed by atoms with Crippen molar-refractivity contribution in [2.45, 2.75) is 25.7 Å². The first-order chi connectivity index (χ1) is 10.0. The second-order valence-corrected chi connectivity index (χ2v) is 5.78. The maximum absolute atomic E-state index is 11.4. The summed E-state index contributed by atoms with van der Waals surface area (Å²) in [5.74, 6) is -0.202. The number of carbonyl (C=O) groups is 2. The summed E-state index contributed by atoms with van der Waals surface area (Å²) >= 11 is 0. The molecule has 1 saturated heterocycles. The van der Waals surface area contributed by atoms with Crippen LogP contribution in [-0.2, 0) is 16.0 Å². The first kappa shape index (κ1) is 13.7. The predicted octanol–water partition coefficient (Wildman–Crippen LogP) is 0.855. The van der Waals surface area contributed by atoms with Gasteiger partial charge in [-0.1, -0.05) is 0 Å². The van der Waals surface area contributed by atoms with Gasteiger partial charge in [0.2, 0.25) is 11.8 Å².